The van der Waals surface area contributed by atoms with Crippen LogP contribution in [0.2, 0.25) is 0 Å². The van der Waals surface area contributed by atoms with Gasteiger partial charge in [-0.2, -0.15) is 0 Å². The highest BCUT2D eigenvalue weighted by molar-refractivity contribution is 5.84. The third-order valence-electron chi connectivity index (χ3n) is 3.00. The molecule has 0 aliphatic rings. The van der Waals surface area contributed by atoms with Gasteiger partial charge in [0, 0.05) is 38.7 Å². The fourth-order valence-corrected chi connectivity index (χ4v) is 1.93. The topological polar surface area (TPSA) is 60.4 Å². The van der Waals surface area contributed by atoms with E-state index in [9.17, 15) is 14.4 Å². The van der Waals surface area contributed by atoms with Crippen LogP contribution < -0.4 is 0 Å². The summed E-state index contributed by atoms with van der Waals surface area (Å²) in [5.74, 6) is 0.427. The zero-order valence-corrected chi connectivity index (χ0v) is 14.0. The summed E-state index contributed by atoms with van der Waals surface area (Å²) < 4.78 is 5.38. The minimum absolute atomic E-state index is 0.0455. The van der Waals surface area contributed by atoms with Gasteiger partial charge in [0.2, 0.25) is 0 Å². The summed E-state index contributed by atoms with van der Waals surface area (Å²) in [7, 11) is 0. The van der Waals surface area contributed by atoms with E-state index in [1.165, 1.54) is 6.92 Å². The molecule has 0 aromatic heterocycles. The van der Waals surface area contributed by atoms with E-state index in [4.69, 9.17) is 4.74 Å². The molecule has 0 aromatic carbocycles. The van der Waals surface area contributed by atoms with Crippen LogP contribution in [0.3, 0.4) is 0 Å². The van der Waals surface area contributed by atoms with Crippen LogP contribution in [-0.2, 0) is 19.1 Å². The Balaban J connectivity index is 3.42. The number of rotatable bonds is 12. The van der Waals surface area contributed by atoms with Crippen molar-refractivity contribution in [3.05, 3.63) is 0 Å². The predicted molar refractivity (Wildman–Crippen MR) is 83.3 cm³/mol. The fourth-order valence-electron chi connectivity index (χ4n) is 1.93. The Kier molecular flexibility index (Phi) is 10.1. The average Bonchev–Trinajstić information content (AvgIpc) is 2.33. The van der Waals surface area contributed by atoms with Crippen molar-refractivity contribution in [2.75, 3.05) is 13.2 Å². The van der Waals surface area contributed by atoms with Crippen LogP contribution >= 0.6 is 0 Å². The SMILES string of the molecule is CC(=O)CCC(=O)CCOCCCCC(=O)CC(C)(C)C. The minimum atomic E-state index is 0.0455. The van der Waals surface area contributed by atoms with Gasteiger partial charge < -0.3 is 9.53 Å². The largest absolute Gasteiger partial charge is 0.381 e. The van der Waals surface area contributed by atoms with Crippen molar-refractivity contribution in [1.82, 2.24) is 0 Å². The van der Waals surface area contributed by atoms with Gasteiger partial charge in [-0.15, -0.1) is 0 Å². The number of ketones is 3. The number of ether oxygens (including phenoxy) is 1. The van der Waals surface area contributed by atoms with E-state index in [0.717, 1.165) is 12.8 Å². The molecule has 0 unspecified atom stereocenters. The van der Waals surface area contributed by atoms with E-state index in [1.807, 2.05) is 0 Å². The van der Waals surface area contributed by atoms with E-state index in [1.54, 1.807) is 0 Å². The third kappa shape index (κ3) is 15.2. The molecule has 21 heavy (non-hydrogen) atoms. The molecule has 0 N–H and O–H groups in total. The van der Waals surface area contributed by atoms with Gasteiger partial charge in [0.05, 0.1) is 6.61 Å². The lowest BCUT2D eigenvalue weighted by Crippen LogP contribution is -2.12. The summed E-state index contributed by atoms with van der Waals surface area (Å²) in [5, 5.41) is 0. The van der Waals surface area contributed by atoms with Crippen molar-refractivity contribution in [3.63, 3.8) is 0 Å². The second kappa shape index (κ2) is 10.7. The van der Waals surface area contributed by atoms with Crippen molar-refractivity contribution < 1.29 is 19.1 Å². The van der Waals surface area contributed by atoms with Gasteiger partial charge in [-0.25, -0.2) is 0 Å². The standard InChI is InChI=1S/C17H30O4/c1-14(18)8-9-15(19)10-12-21-11-6-5-7-16(20)13-17(2,3)4/h5-13H2,1-4H3. The summed E-state index contributed by atoms with van der Waals surface area (Å²) >= 11 is 0. The molecule has 4 nitrogen and oxygen atoms in total. The maximum atomic E-state index is 11.7. The summed E-state index contributed by atoms with van der Waals surface area (Å²) in [4.78, 5) is 33.8. The summed E-state index contributed by atoms with van der Waals surface area (Å²) in [5.41, 5.74) is 0.0633. The predicted octanol–water partition coefficient (Wildman–Crippen LogP) is 3.51. The molecular formula is C17H30O4. The molecule has 122 valence electrons. The van der Waals surface area contributed by atoms with Gasteiger partial charge in [0.15, 0.2) is 0 Å². The smallest absolute Gasteiger partial charge is 0.135 e. The Labute approximate surface area is 128 Å². The van der Waals surface area contributed by atoms with E-state index in [0.29, 0.717) is 51.1 Å². The van der Waals surface area contributed by atoms with E-state index >= 15 is 0 Å². The number of hydrogen-bond acceptors (Lipinski definition) is 4. The van der Waals surface area contributed by atoms with Crippen LogP contribution in [0.5, 0.6) is 0 Å². The van der Waals surface area contributed by atoms with E-state index < -0.39 is 0 Å². The lowest BCUT2D eigenvalue weighted by molar-refractivity contribution is -0.124. The van der Waals surface area contributed by atoms with Gasteiger partial charge >= 0.3 is 0 Å². The molecule has 0 heterocycles. The van der Waals surface area contributed by atoms with Gasteiger partial charge in [0.1, 0.15) is 17.3 Å². The van der Waals surface area contributed by atoms with Crippen LogP contribution in [0, 0.1) is 5.41 Å². The second-order valence-electron chi connectivity index (χ2n) is 6.84. The first-order chi connectivity index (χ1) is 9.70. The number of hydrogen-bond donors (Lipinski definition) is 0. The molecule has 0 amide bonds. The molecule has 0 bridgehead atoms. The highest BCUT2D eigenvalue weighted by atomic mass is 16.5. The zero-order valence-electron chi connectivity index (χ0n) is 14.0. The van der Waals surface area contributed by atoms with Gasteiger partial charge in [-0.3, -0.25) is 9.59 Å². The van der Waals surface area contributed by atoms with Crippen molar-refractivity contribution in [1.29, 1.82) is 0 Å². The van der Waals surface area contributed by atoms with E-state index in [-0.39, 0.29) is 17.0 Å². The maximum Gasteiger partial charge on any atom is 0.135 e. The lowest BCUT2D eigenvalue weighted by atomic mass is 9.88. The van der Waals surface area contributed by atoms with Gasteiger partial charge in [-0.05, 0) is 25.2 Å². The van der Waals surface area contributed by atoms with Crippen LogP contribution in [0.25, 0.3) is 0 Å². The normalized spacial score (nSPS) is 11.4. The average molecular weight is 298 g/mol. The minimum Gasteiger partial charge on any atom is -0.381 e. The molecule has 0 aliphatic heterocycles. The highest BCUT2D eigenvalue weighted by Crippen LogP contribution is 2.20. The van der Waals surface area contributed by atoms with Crippen molar-refractivity contribution in [3.8, 4) is 0 Å². The van der Waals surface area contributed by atoms with Gasteiger partial charge in [-0.1, -0.05) is 20.8 Å². The van der Waals surface area contributed by atoms with Gasteiger partial charge in [0.25, 0.3) is 0 Å². The van der Waals surface area contributed by atoms with Crippen LogP contribution in [0.4, 0.5) is 0 Å². The Morgan fingerprint density at radius 1 is 0.810 bits per heavy atom. The number of unbranched alkanes of at least 4 members (excludes halogenated alkanes) is 1. The Bertz CT molecular complexity index is 339. The molecule has 0 radical (unpaired) electrons. The highest BCUT2D eigenvalue weighted by Gasteiger charge is 2.15. The summed E-state index contributed by atoms with van der Waals surface area (Å²) in [6, 6.07) is 0. The second-order valence-corrected chi connectivity index (χ2v) is 6.84. The lowest BCUT2D eigenvalue weighted by Gasteiger charge is -2.16. The van der Waals surface area contributed by atoms with Crippen LogP contribution in [0.15, 0.2) is 0 Å². The molecule has 0 atom stereocenters. The van der Waals surface area contributed by atoms with Crippen LogP contribution in [0.1, 0.15) is 72.6 Å². The fraction of sp³-hybridized carbons (Fsp3) is 0.824. The Morgan fingerprint density at radius 2 is 1.48 bits per heavy atom. The maximum absolute atomic E-state index is 11.7. The number of carbonyl (C=O) groups is 3. The van der Waals surface area contributed by atoms with Crippen molar-refractivity contribution in [2.24, 2.45) is 5.41 Å². The van der Waals surface area contributed by atoms with Crippen LogP contribution in [-0.4, -0.2) is 30.6 Å². The Morgan fingerprint density at radius 3 is 2.05 bits per heavy atom. The molecule has 0 aromatic rings. The first-order valence-corrected chi connectivity index (χ1v) is 7.81. The van der Waals surface area contributed by atoms with Crippen molar-refractivity contribution in [2.45, 2.75) is 72.6 Å². The summed E-state index contributed by atoms with van der Waals surface area (Å²) in [6.45, 7) is 8.69. The molecule has 0 saturated carbocycles. The first kappa shape index (κ1) is 20.0. The molecule has 0 rings (SSSR count). The number of carbonyl (C=O) groups excluding carboxylic acids is 3. The molecule has 0 aliphatic carbocycles. The quantitative estimate of drug-likeness (QED) is 0.517. The molecular weight excluding hydrogens is 268 g/mol. The number of Topliss-reactive ketones (excluding diaryl/α,β-unsaturated/α-hetero) is 3. The third-order valence-corrected chi connectivity index (χ3v) is 3.00. The molecule has 0 spiro atoms. The van der Waals surface area contributed by atoms with Crippen molar-refractivity contribution >= 4 is 17.3 Å². The monoisotopic (exact) mass is 298 g/mol. The first-order valence-electron chi connectivity index (χ1n) is 7.81. The molecule has 0 saturated heterocycles. The molecule has 4 heteroatoms. The van der Waals surface area contributed by atoms with E-state index in [2.05, 4.69) is 20.8 Å². The summed E-state index contributed by atoms with van der Waals surface area (Å²) in [6.07, 6.45) is 3.94. The molecule has 0 fully saturated rings. The zero-order chi connectivity index (χ0) is 16.3. The Hall–Kier alpha value is -1.03.